The summed E-state index contributed by atoms with van der Waals surface area (Å²) in [6, 6.07) is 7.61. The lowest BCUT2D eigenvalue weighted by molar-refractivity contribution is -0.135. The van der Waals surface area contributed by atoms with Gasteiger partial charge in [-0.15, -0.1) is 0 Å². The molecule has 2 saturated heterocycles. The molecule has 43 heavy (non-hydrogen) atoms. The molecule has 3 amide bonds. The highest BCUT2D eigenvalue weighted by Crippen LogP contribution is 2.22. The minimum absolute atomic E-state index is 0.0163. The van der Waals surface area contributed by atoms with E-state index in [4.69, 9.17) is 20.9 Å². The Labute approximate surface area is 249 Å². The van der Waals surface area contributed by atoms with Gasteiger partial charge in [0.15, 0.2) is 5.69 Å². The molecule has 0 bridgehead atoms. The van der Waals surface area contributed by atoms with Crippen molar-refractivity contribution in [3.05, 3.63) is 93.0 Å². The number of halogens is 2. The average Bonchev–Trinajstić information content (AvgIpc) is 3.71. The van der Waals surface area contributed by atoms with Crippen molar-refractivity contribution in [2.24, 2.45) is 5.92 Å². The van der Waals surface area contributed by atoms with Crippen molar-refractivity contribution >= 4 is 41.0 Å². The molecule has 3 N–H and O–H groups in total. The number of carbonyl (C=O) groups excluding carboxylic acids is 4. The predicted octanol–water partition coefficient (Wildman–Crippen LogP) is 2.55. The molecule has 2 aliphatic rings. The maximum Gasteiger partial charge on any atom is 0.333 e. The van der Waals surface area contributed by atoms with E-state index in [1.165, 1.54) is 48.7 Å². The fraction of sp³-hybridized carbons (Fsp3) is 0.310. The van der Waals surface area contributed by atoms with E-state index in [0.717, 1.165) is 4.57 Å². The van der Waals surface area contributed by atoms with Crippen LogP contribution in [0.3, 0.4) is 0 Å². The van der Waals surface area contributed by atoms with Crippen molar-refractivity contribution in [2.45, 2.75) is 37.8 Å². The Morgan fingerprint density at radius 1 is 1.21 bits per heavy atom. The van der Waals surface area contributed by atoms with Crippen molar-refractivity contribution in [2.75, 3.05) is 18.5 Å². The Hall–Kier alpha value is -4.78. The van der Waals surface area contributed by atoms with Crippen LogP contribution < -0.4 is 21.5 Å². The first-order valence-electron chi connectivity index (χ1n) is 13.5. The lowest BCUT2D eigenvalue weighted by Crippen LogP contribution is -2.44. The normalized spacial score (nSPS) is 18.7. The maximum absolute atomic E-state index is 13.9. The van der Waals surface area contributed by atoms with E-state index in [0.29, 0.717) is 30.5 Å². The summed E-state index contributed by atoms with van der Waals surface area (Å²) in [7, 11) is 0. The Balaban J connectivity index is 1.46. The first-order valence-corrected chi connectivity index (χ1v) is 13.9. The molecular weight excluding hydrogens is 585 g/mol. The number of aromatic nitrogens is 2. The summed E-state index contributed by atoms with van der Waals surface area (Å²) >= 11 is 5.70. The molecule has 224 valence electrons. The molecule has 0 spiro atoms. The van der Waals surface area contributed by atoms with Crippen LogP contribution in [-0.4, -0.2) is 52.6 Å². The zero-order valence-corrected chi connectivity index (χ0v) is 23.4. The number of hydrogen-bond acceptors (Lipinski definition) is 8. The van der Waals surface area contributed by atoms with Crippen molar-refractivity contribution in [1.29, 1.82) is 0 Å². The molecule has 12 nitrogen and oxygen atoms in total. The van der Waals surface area contributed by atoms with Gasteiger partial charge < -0.3 is 29.8 Å². The Bertz CT molecular complexity index is 1630. The van der Waals surface area contributed by atoms with Crippen LogP contribution in [0, 0.1) is 11.7 Å². The molecule has 2 aromatic heterocycles. The molecule has 2 fully saturated rings. The van der Waals surface area contributed by atoms with Crippen LogP contribution >= 0.6 is 11.6 Å². The van der Waals surface area contributed by atoms with Gasteiger partial charge in [-0.1, -0.05) is 23.4 Å². The predicted molar refractivity (Wildman–Crippen MR) is 151 cm³/mol. The lowest BCUT2D eigenvalue weighted by Gasteiger charge is -2.24. The summed E-state index contributed by atoms with van der Waals surface area (Å²) < 4.78 is 24.5. The number of esters is 1. The number of rotatable bonds is 10. The molecule has 14 heteroatoms. The first kappa shape index (κ1) is 29.7. The number of nitrogens with zero attached hydrogens (tertiary/aromatic N) is 2. The number of carbonyl (C=O) groups is 4. The van der Waals surface area contributed by atoms with Crippen LogP contribution in [0.15, 0.2) is 69.6 Å². The van der Waals surface area contributed by atoms with Crippen LogP contribution in [-0.2, 0) is 25.5 Å². The Morgan fingerprint density at radius 2 is 2.00 bits per heavy atom. The number of pyridine rings is 1. The standard InChI is InChI=1S/C29H27ClFN5O7/c30-24-15-22(35-43-24)26(38)34-21-2-1-10-36(28(21)40)23(12-16-3-5-19(31)6-4-16)27(39)33-20(13-17-7-9-32-25(17)37)14-18-8-11-42-29(18)41/h1-6,10,14-15,17,20,23H,7-9,11-13H2,(H,32,37)(H,33,39)(H,34,38)/b18-14+/t17-,20-,23-/m0/s1. The van der Waals surface area contributed by atoms with Gasteiger partial charge in [-0.25, -0.2) is 9.18 Å². The fourth-order valence-corrected chi connectivity index (χ4v) is 5.16. The summed E-state index contributed by atoms with van der Waals surface area (Å²) in [6.45, 7) is 0.724. The van der Waals surface area contributed by atoms with E-state index in [2.05, 4.69) is 21.1 Å². The maximum atomic E-state index is 13.9. The number of hydrogen-bond donors (Lipinski definition) is 3. The van der Waals surface area contributed by atoms with Gasteiger partial charge >= 0.3 is 5.97 Å². The topological polar surface area (TPSA) is 162 Å². The highest BCUT2D eigenvalue weighted by Gasteiger charge is 2.31. The largest absolute Gasteiger partial charge is 0.462 e. The number of anilines is 1. The van der Waals surface area contributed by atoms with Crippen molar-refractivity contribution in [1.82, 2.24) is 20.4 Å². The number of nitrogens with one attached hydrogen (secondary N) is 3. The second kappa shape index (κ2) is 13.0. The van der Waals surface area contributed by atoms with E-state index in [1.54, 1.807) is 6.08 Å². The summed E-state index contributed by atoms with van der Waals surface area (Å²) in [4.78, 5) is 64.6. The second-order valence-electron chi connectivity index (χ2n) is 10.2. The van der Waals surface area contributed by atoms with E-state index >= 15 is 0 Å². The third kappa shape index (κ3) is 7.17. The molecule has 1 aromatic carbocycles. The molecule has 5 rings (SSSR count). The van der Waals surface area contributed by atoms with Gasteiger partial charge in [0.1, 0.15) is 17.5 Å². The van der Waals surface area contributed by atoms with E-state index in [-0.39, 0.29) is 47.9 Å². The summed E-state index contributed by atoms with van der Waals surface area (Å²) in [5.74, 6) is -2.85. The molecular formula is C29H27ClFN5O7. The van der Waals surface area contributed by atoms with Gasteiger partial charge in [-0.2, -0.15) is 0 Å². The quantitative estimate of drug-likeness (QED) is 0.233. The highest BCUT2D eigenvalue weighted by molar-refractivity contribution is 6.29. The van der Waals surface area contributed by atoms with Crippen molar-refractivity contribution in [3.63, 3.8) is 0 Å². The fourth-order valence-electron chi connectivity index (χ4n) is 5.02. The first-order chi connectivity index (χ1) is 20.7. The summed E-state index contributed by atoms with van der Waals surface area (Å²) in [5.41, 5.74) is -0.0495. The zero-order chi connectivity index (χ0) is 30.5. The molecule has 0 aliphatic carbocycles. The molecule has 0 unspecified atom stereocenters. The summed E-state index contributed by atoms with van der Waals surface area (Å²) in [5, 5.41) is 11.5. The van der Waals surface area contributed by atoms with Gasteiger partial charge in [-0.3, -0.25) is 19.2 Å². The van der Waals surface area contributed by atoms with Crippen LogP contribution in [0.25, 0.3) is 0 Å². The molecule has 2 aliphatic heterocycles. The molecule has 4 heterocycles. The third-order valence-corrected chi connectivity index (χ3v) is 7.39. The molecule has 3 aromatic rings. The molecule has 0 radical (unpaired) electrons. The number of cyclic esters (lactones) is 1. The minimum Gasteiger partial charge on any atom is -0.462 e. The van der Waals surface area contributed by atoms with Crippen molar-refractivity contribution < 1.29 is 32.8 Å². The van der Waals surface area contributed by atoms with E-state index in [1.807, 2.05) is 0 Å². The van der Waals surface area contributed by atoms with Crippen LogP contribution in [0.5, 0.6) is 0 Å². The Morgan fingerprint density at radius 3 is 2.65 bits per heavy atom. The highest BCUT2D eigenvalue weighted by atomic mass is 35.5. The van der Waals surface area contributed by atoms with Crippen LogP contribution in [0.4, 0.5) is 10.1 Å². The van der Waals surface area contributed by atoms with Gasteiger partial charge in [0.05, 0.1) is 6.61 Å². The van der Waals surface area contributed by atoms with Crippen molar-refractivity contribution in [3.8, 4) is 0 Å². The van der Waals surface area contributed by atoms with Crippen LogP contribution in [0.1, 0.15) is 41.4 Å². The Kier molecular flexibility index (Phi) is 9.00. The summed E-state index contributed by atoms with van der Waals surface area (Å²) in [6.07, 6.45) is 4.12. The minimum atomic E-state index is -1.16. The third-order valence-electron chi connectivity index (χ3n) is 7.22. The van der Waals surface area contributed by atoms with Crippen LogP contribution in [0.2, 0.25) is 5.22 Å². The van der Waals surface area contributed by atoms with Gasteiger partial charge in [-0.05, 0) is 54.3 Å². The average molecular weight is 612 g/mol. The zero-order valence-electron chi connectivity index (χ0n) is 22.7. The lowest BCUT2D eigenvalue weighted by atomic mass is 9.95. The smallest absolute Gasteiger partial charge is 0.333 e. The molecule has 0 saturated carbocycles. The van der Waals surface area contributed by atoms with E-state index in [9.17, 15) is 28.4 Å². The molecule has 3 atom stereocenters. The van der Waals surface area contributed by atoms with Gasteiger partial charge in [0, 0.05) is 49.2 Å². The van der Waals surface area contributed by atoms with Gasteiger partial charge in [0.25, 0.3) is 11.5 Å². The number of ether oxygens (including phenoxy) is 1. The SMILES string of the molecule is O=C1OCC/C1=C\[C@H](C[C@@H]1CCNC1=O)NC(=O)[C@H](Cc1ccc(F)cc1)n1cccc(NC(=O)c2cc(Cl)on2)c1=O. The van der Waals surface area contributed by atoms with Gasteiger partial charge in [0.2, 0.25) is 17.0 Å². The second-order valence-corrected chi connectivity index (χ2v) is 10.5. The van der Waals surface area contributed by atoms with E-state index < -0.39 is 41.2 Å². The monoisotopic (exact) mass is 611 g/mol. The number of amides is 3. The number of benzene rings is 1.